The van der Waals surface area contributed by atoms with Crippen LogP contribution in [0.4, 0.5) is 11.4 Å². The minimum atomic E-state index is -0.769. The van der Waals surface area contributed by atoms with E-state index in [1.807, 2.05) is 13.8 Å². The molecule has 7 heteroatoms. The Morgan fingerprint density at radius 2 is 1.36 bits per heavy atom. The molecule has 25 heavy (non-hydrogen) atoms. The van der Waals surface area contributed by atoms with Crippen molar-refractivity contribution < 1.29 is 19.1 Å². The lowest BCUT2D eigenvalue weighted by Gasteiger charge is -2.13. The molecule has 0 spiro atoms. The molecule has 2 rings (SSSR count). The molecule has 0 fully saturated rings. The van der Waals surface area contributed by atoms with E-state index in [1.165, 1.54) is 0 Å². The zero-order chi connectivity index (χ0) is 18.2. The molecule has 6 nitrogen and oxygen atoms in total. The van der Waals surface area contributed by atoms with Crippen molar-refractivity contribution >= 4 is 39.1 Å². The van der Waals surface area contributed by atoms with E-state index in [2.05, 4.69) is 26.6 Å². The quantitative estimate of drug-likeness (QED) is 0.714. The van der Waals surface area contributed by atoms with E-state index in [-0.39, 0.29) is 0 Å². The second kappa shape index (κ2) is 9.08. The van der Waals surface area contributed by atoms with Crippen LogP contribution < -0.4 is 20.1 Å². The number of nitrogens with one attached hydrogen (secondary N) is 2. The van der Waals surface area contributed by atoms with Crippen LogP contribution in [0.25, 0.3) is 0 Å². The molecule has 2 amide bonds. The first-order chi connectivity index (χ1) is 12.0. The fraction of sp³-hybridized carbons (Fsp3) is 0.222. The Morgan fingerprint density at radius 1 is 0.840 bits per heavy atom. The molecule has 0 saturated carbocycles. The molecule has 2 N–H and O–H groups in total. The maximum absolute atomic E-state index is 12.1. The number of ether oxygens (including phenoxy) is 2. The van der Waals surface area contributed by atoms with E-state index in [0.717, 1.165) is 4.47 Å². The Bertz CT molecular complexity index is 747. The van der Waals surface area contributed by atoms with Gasteiger partial charge in [-0.3, -0.25) is 9.59 Å². The summed E-state index contributed by atoms with van der Waals surface area (Å²) in [5.41, 5.74) is 0.980. The van der Waals surface area contributed by atoms with Gasteiger partial charge in [-0.2, -0.15) is 0 Å². The normalized spacial score (nSPS) is 10.0. The highest BCUT2D eigenvalue weighted by molar-refractivity contribution is 9.10. The van der Waals surface area contributed by atoms with Crippen LogP contribution in [0.15, 0.2) is 46.9 Å². The van der Waals surface area contributed by atoms with Crippen LogP contribution in [0.1, 0.15) is 13.8 Å². The summed E-state index contributed by atoms with van der Waals surface area (Å²) in [5.74, 6) is -0.430. The number of amides is 2. The van der Waals surface area contributed by atoms with Crippen LogP contribution in [0.3, 0.4) is 0 Å². The van der Waals surface area contributed by atoms with Crippen molar-refractivity contribution in [3.63, 3.8) is 0 Å². The number of anilines is 2. The van der Waals surface area contributed by atoms with E-state index in [4.69, 9.17) is 9.47 Å². The van der Waals surface area contributed by atoms with Crippen molar-refractivity contribution in [3.8, 4) is 11.5 Å². The minimum absolute atomic E-state index is 0.447. The molecular weight excluding hydrogens is 388 g/mol. The predicted molar refractivity (Wildman–Crippen MR) is 100 cm³/mol. The minimum Gasteiger partial charge on any atom is -0.490 e. The highest BCUT2D eigenvalue weighted by atomic mass is 79.9. The summed E-state index contributed by atoms with van der Waals surface area (Å²) in [6.07, 6.45) is 0. The summed E-state index contributed by atoms with van der Waals surface area (Å²) >= 11 is 3.31. The summed E-state index contributed by atoms with van der Waals surface area (Å²) in [6.45, 7) is 4.69. The Hall–Kier alpha value is -2.54. The number of carbonyl (C=O) groups excluding carboxylic acids is 2. The molecule has 2 aromatic carbocycles. The molecule has 0 atom stereocenters. The van der Waals surface area contributed by atoms with Gasteiger partial charge in [-0.15, -0.1) is 0 Å². The lowest BCUT2D eigenvalue weighted by molar-refractivity contribution is -0.132. The summed E-state index contributed by atoms with van der Waals surface area (Å²) in [4.78, 5) is 24.1. The van der Waals surface area contributed by atoms with Gasteiger partial charge in [0.25, 0.3) is 0 Å². The number of rotatable bonds is 6. The molecule has 0 radical (unpaired) electrons. The predicted octanol–water partition coefficient (Wildman–Crippen LogP) is 3.82. The number of halogens is 1. The van der Waals surface area contributed by atoms with Crippen molar-refractivity contribution in [2.24, 2.45) is 0 Å². The Balaban J connectivity index is 2.04. The van der Waals surface area contributed by atoms with Gasteiger partial charge in [-0.05, 0) is 50.2 Å². The molecular formula is C18H19BrN2O4. The molecule has 0 aliphatic rings. The van der Waals surface area contributed by atoms with Crippen molar-refractivity contribution in [2.75, 3.05) is 23.8 Å². The highest BCUT2D eigenvalue weighted by Crippen LogP contribution is 2.30. The Kier molecular flexibility index (Phi) is 6.82. The van der Waals surface area contributed by atoms with E-state index < -0.39 is 11.8 Å². The molecule has 0 heterocycles. The first-order valence-electron chi connectivity index (χ1n) is 7.81. The van der Waals surface area contributed by atoms with Gasteiger partial charge in [-0.25, -0.2) is 0 Å². The third-order valence-electron chi connectivity index (χ3n) is 3.11. The average Bonchev–Trinajstić information content (AvgIpc) is 2.59. The van der Waals surface area contributed by atoms with Crippen molar-refractivity contribution in [2.45, 2.75) is 13.8 Å². The SMILES string of the molecule is CCOc1ccc(NC(=O)C(=O)Nc2ccc(Br)cc2)cc1OCC. The van der Waals surface area contributed by atoms with Gasteiger partial charge in [0.2, 0.25) is 0 Å². The Morgan fingerprint density at radius 3 is 1.96 bits per heavy atom. The van der Waals surface area contributed by atoms with Crippen LogP contribution in [0.5, 0.6) is 11.5 Å². The van der Waals surface area contributed by atoms with Crippen LogP contribution in [-0.4, -0.2) is 25.0 Å². The molecule has 0 saturated heterocycles. The molecule has 2 aromatic rings. The van der Waals surface area contributed by atoms with Crippen molar-refractivity contribution in [1.29, 1.82) is 0 Å². The van der Waals surface area contributed by atoms with Gasteiger partial charge < -0.3 is 20.1 Å². The highest BCUT2D eigenvalue weighted by Gasteiger charge is 2.15. The zero-order valence-electron chi connectivity index (χ0n) is 14.0. The van der Waals surface area contributed by atoms with Crippen LogP contribution in [0.2, 0.25) is 0 Å². The lowest BCUT2D eigenvalue weighted by atomic mass is 10.2. The van der Waals surface area contributed by atoms with Crippen LogP contribution >= 0.6 is 15.9 Å². The summed E-state index contributed by atoms with van der Waals surface area (Å²) in [5, 5.41) is 5.08. The van der Waals surface area contributed by atoms with Gasteiger partial charge in [0.15, 0.2) is 11.5 Å². The monoisotopic (exact) mass is 406 g/mol. The van der Waals surface area contributed by atoms with E-state index >= 15 is 0 Å². The lowest BCUT2D eigenvalue weighted by Crippen LogP contribution is -2.29. The number of hydrogen-bond donors (Lipinski definition) is 2. The molecule has 132 valence electrons. The topological polar surface area (TPSA) is 76.7 Å². The smallest absolute Gasteiger partial charge is 0.314 e. The third-order valence-corrected chi connectivity index (χ3v) is 3.64. The third kappa shape index (κ3) is 5.49. The summed E-state index contributed by atoms with van der Waals surface area (Å²) in [7, 11) is 0. The van der Waals surface area contributed by atoms with E-state index in [9.17, 15) is 9.59 Å². The molecule has 0 unspecified atom stereocenters. The van der Waals surface area contributed by atoms with Gasteiger partial charge in [-0.1, -0.05) is 15.9 Å². The number of carbonyl (C=O) groups is 2. The zero-order valence-corrected chi connectivity index (χ0v) is 15.6. The summed E-state index contributed by atoms with van der Waals surface area (Å²) < 4.78 is 11.8. The maximum Gasteiger partial charge on any atom is 0.314 e. The second-order valence-electron chi connectivity index (χ2n) is 4.94. The number of benzene rings is 2. The van der Waals surface area contributed by atoms with E-state index in [0.29, 0.717) is 36.1 Å². The largest absolute Gasteiger partial charge is 0.490 e. The average molecular weight is 407 g/mol. The maximum atomic E-state index is 12.1. The van der Waals surface area contributed by atoms with Crippen LogP contribution in [-0.2, 0) is 9.59 Å². The van der Waals surface area contributed by atoms with Crippen molar-refractivity contribution in [1.82, 2.24) is 0 Å². The Labute approximate surface area is 154 Å². The van der Waals surface area contributed by atoms with Gasteiger partial charge in [0.05, 0.1) is 13.2 Å². The molecule has 0 aliphatic carbocycles. The first kappa shape index (κ1) is 18.8. The van der Waals surface area contributed by atoms with Gasteiger partial charge in [0.1, 0.15) is 0 Å². The van der Waals surface area contributed by atoms with Crippen molar-refractivity contribution in [3.05, 3.63) is 46.9 Å². The molecule has 0 aliphatic heterocycles. The fourth-order valence-corrected chi connectivity index (χ4v) is 2.30. The number of hydrogen-bond acceptors (Lipinski definition) is 4. The molecule has 0 bridgehead atoms. The second-order valence-corrected chi connectivity index (χ2v) is 5.86. The van der Waals surface area contributed by atoms with Crippen LogP contribution in [0, 0.1) is 0 Å². The first-order valence-corrected chi connectivity index (χ1v) is 8.60. The molecule has 0 aromatic heterocycles. The van der Waals surface area contributed by atoms with Gasteiger partial charge in [0, 0.05) is 21.9 Å². The van der Waals surface area contributed by atoms with Gasteiger partial charge >= 0.3 is 11.8 Å². The van der Waals surface area contributed by atoms with E-state index in [1.54, 1.807) is 42.5 Å². The summed E-state index contributed by atoms with van der Waals surface area (Å²) in [6, 6.07) is 11.9. The fourth-order valence-electron chi connectivity index (χ4n) is 2.04. The standard InChI is InChI=1S/C18H19BrN2O4/c1-3-24-15-10-9-14(11-16(15)25-4-2)21-18(23)17(22)20-13-7-5-12(19)6-8-13/h5-11H,3-4H2,1-2H3,(H,20,22)(H,21,23).